The molecule has 1 fully saturated rings. The van der Waals surface area contributed by atoms with E-state index in [2.05, 4.69) is 18.3 Å². The molecule has 3 nitrogen and oxygen atoms in total. The second kappa shape index (κ2) is 8.29. The van der Waals surface area contributed by atoms with Crippen molar-refractivity contribution in [1.29, 1.82) is 5.26 Å². The van der Waals surface area contributed by atoms with Gasteiger partial charge in [-0.1, -0.05) is 52.9 Å². The molecule has 3 heteroatoms. The van der Waals surface area contributed by atoms with Gasteiger partial charge in [0.15, 0.2) is 0 Å². The summed E-state index contributed by atoms with van der Waals surface area (Å²) in [5.41, 5.74) is -0.806. The highest BCUT2D eigenvalue weighted by Gasteiger charge is 2.39. The molecular formula is C17H30N2O. The van der Waals surface area contributed by atoms with Gasteiger partial charge in [-0.2, -0.15) is 5.26 Å². The third kappa shape index (κ3) is 3.98. The molecule has 20 heavy (non-hydrogen) atoms. The summed E-state index contributed by atoms with van der Waals surface area (Å²) in [5, 5.41) is 12.8. The van der Waals surface area contributed by atoms with Gasteiger partial charge in [0, 0.05) is 6.04 Å². The molecule has 114 valence electrons. The van der Waals surface area contributed by atoms with Gasteiger partial charge in [0.25, 0.3) is 0 Å². The molecule has 2 atom stereocenters. The maximum atomic E-state index is 12.7. The van der Waals surface area contributed by atoms with Crippen LogP contribution in [0.15, 0.2) is 0 Å². The minimum absolute atomic E-state index is 0.0194. The van der Waals surface area contributed by atoms with Crippen molar-refractivity contribution in [3.05, 3.63) is 0 Å². The lowest BCUT2D eigenvalue weighted by Crippen LogP contribution is -2.48. The van der Waals surface area contributed by atoms with E-state index < -0.39 is 5.41 Å². The van der Waals surface area contributed by atoms with Gasteiger partial charge in [-0.15, -0.1) is 0 Å². The van der Waals surface area contributed by atoms with E-state index in [0.29, 0.717) is 18.8 Å². The topological polar surface area (TPSA) is 52.9 Å². The molecule has 1 amide bonds. The van der Waals surface area contributed by atoms with Crippen molar-refractivity contribution >= 4 is 5.91 Å². The van der Waals surface area contributed by atoms with Crippen LogP contribution < -0.4 is 5.32 Å². The first-order valence-electron chi connectivity index (χ1n) is 8.35. The molecule has 1 aliphatic rings. The normalized spacial score (nSPS) is 23.1. The number of nitrogens with zero attached hydrogens (tertiary/aromatic N) is 1. The molecule has 0 aliphatic heterocycles. The summed E-state index contributed by atoms with van der Waals surface area (Å²) in [4.78, 5) is 12.7. The van der Waals surface area contributed by atoms with Crippen LogP contribution in [0, 0.1) is 22.7 Å². The van der Waals surface area contributed by atoms with Crippen molar-refractivity contribution in [2.24, 2.45) is 11.3 Å². The number of rotatable bonds is 7. The lowest BCUT2D eigenvalue weighted by molar-refractivity contribution is -0.130. The molecule has 0 heterocycles. The van der Waals surface area contributed by atoms with E-state index in [4.69, 9.17) is 0 Å². The average Bonchev–Trinajstić information content (AvgIpc) is 2.47. The molecular weight excluding hydrogens is 248 g/mol. The lowest BCUT2D eigenvalue weighted by Gasteiger charge is -2.34. The Labute approximate surface area is 124 Å². The summed E-state index contributed by atoms with van der Waals surface area (Å²) >= 11 is 0. The SMILES string of the molecule is CCCC(C#N)(CCC)C(=O)NC1CCCCC1CC. The predicted molar refractivity (Wildman–Crippen MR) is 82.0 cm³/mol. The van der Waals surface area contributed by atoms with E-state index in [0.717, 1.165) is 25.7 Å². The Morgan fingerprint density at radius 3 is 2.30 bits per heavy atom. The molecule has 0 aromatic carbocycles. The third-order valence-electron chi connectivity index (χ3n) is 4.75. The molecule has 1 rings (SSSR count). The fraction of sp³-hybridized carbons (Fsp3) is 0.882. The highest BCUT2D eigenvalue weighted by Crippen LogP contribution is 2.32. The van der Waals surface area contributed by atoms with Gasteiger partial charge in [0.2, 0.25) is 5.91 Å². The van der Waals surface area contributed by atoms with Gasteiger partial charge in [-0.25, -0.2) is 0 Å². The number of carbonyl (C=O) groups excluding carboxylic acids is 1. The second-order valence-electron chi connectivity index (χ2n) is 6.23. The summed E-state index contributed by atoms with van der Waals surface area (Å²) < 4.78 is 0. The quantitative estimate of drug-likeness (QED) is 0.759. The Balaban J connectivity index is 2.77. The largest absolute Gasteiger partial charge is 0.352 e. The smallest absolute Gasteiger partial charge is 0.240 e. The number of carbonyl (C=O) groups is 1. The number of nitrogens with one attached hydrogen (secondary N) is 1. The molecule has 1 saturated carbocycles. The van der Waals surface area contributed by atoms with Gasteiger partial charge >= 0.3 is 0 Å². The predicted octanol–water partition coefficient (Wildman–Crippen LogP) is 4.18. The van der Waals surface area contributed by atoms with Gasteiger partial charge in [0.05, 0.1) is 6.07 Å². The fourth-order valence-electron chi connectivity index (χ4n) is 3.56. The number of hydrogen-bond acceptors (Lipinski definition) is 2. The Bertz CT molecular complexity index is 339. The molecule has 0 aromatic rings. The van der Waals surface area contributed by atoms with Crippen molar-refractivity contribution in [2.45, 2.75) is 84.6 Å². The summed E-state index contributed by atoms with van der Waals surface area (Å²) in [5.74, 6) is 0.571. The van der Waals surface area contributed by atoms with Crippen LogP contribution in [0.2, 0.25) is 0 Å². The molecule has 0 saturated heterocycles. The molecule has 0 aromatic heterocycles. The molecule has 1 N–H and O–H groups in total. The van der Waals surface area contributed by atoms with Crippen molar-refractivity contribution in [3.63, 3.8) is 0 Å². The minimum atomic E-state index is -0.806. The van der Waals surface area contributed by atoms with Crippen LogP contribution in [-0.2, 0) is 4.79 Å². The minimum Gasteiger partial charge on any atom is -0.352 e. The highest BCUT2D eigenvalue weighted by atomic mass is 16.2. The maximum absolute atomic E-state index is 12.7. The molecule has 0 bridgehead atoms. The van der Waals surface area contributed by atoms with Crippen molar-refractivity contribution in [3.8, 4) is 6.07 Å². The standard InChI is InChI=1S/C17H30N2O/c1-4-11-17(13-18,12-5-2)16(20)19-15-10-8-7-9-14(15)6-3/h14-15H,4-12H2,1-3H3,(H,19,20). The van der Waals surface area contributed by atoms with E-state index in [1.54, 1.807) is 0 Å². The van der Waals surface area contributed by atoms with E-state index in [1.807, 2.05) is 13.8 Å². The Hall–Kier alpha value is -1.04. The Morgan fingerprint density at radius 1 is 1.20 bits per heavy atom. The zero-order valence-electron chi connectivity index (χ0n) is 13.4. The van der Waals surface area contributed by atoms with Gasteiger partial charge < -0.3 is 5.32 Å². The summed E-state index contributed by atoms with van der Waals surface area (Å²) in [7, 11) is 0. The van der Waals surface area contributed by atoms with Crippen LogP contribution >= 0.6 is 0 Å². The molecule has 0 radical (unpaired) electrons. The van der Waals surface area contributed by atoms with Crippen molar-refractivity contribution in [1.82, 2.24) is 5.32 Å². The molecule has 1 aliphatic carbocycles. The monoisotopic (exact) mass is 278 g/mol. The number of nitriles is 1. The first-order valence-corrected chi connectivity index (χ1v) is 8.35. The maximum Gasteiger partial charge on any atom is 0.240 e. The molecule has 2 unspecified atom stereocenters. The zero-order chi connectivity index (χ0) is 15.0. The first-order chi connectivity index (χ1) is 9.63. The van der Waals surface area contributed by atoms with Crippen molar-refractivity contribution < 1.29 is 4.79 Å². The van der Waals surface area contributed by atoms with Gasteiger partial charge in [-0.3, -0.25) is 4.79 Å². The van der Waals surface area contributed by atoms with E-state index in [-0.39, 0.29) is 11.9 Å². The number of amides is 1. The van der Waals surface area contributed by atoms with Crippen LogP contribution in [0.25, 0.3) is 0 Å². The average molecular weight is 278 g/mol. The lowest BCUT2D eigenvalue weighted by atomic mass is 9.78. The van der Waals surface area contributed by atoms with Crippen LogP contribution in [-0.4, -0.2) is 11.9 Å². The summed E-state index contributed by atoms with van der Waals surface area (Å²) in [6, 6.07) is 2.61. The summed E-state index contributed by atoms with van der Waals surface area (Å²) in [6.45, 7) is 6.29. The Kier molecular flexibility index (Phi) is 7.05. The van der Waals surface area contributed by atoms with Crippen molar-refractivity contribution in [2.75, 3.05) is 0 Å². The van der Waals surface area contributed by atoms with Gasteiger partial charge in [-0.05, 0) is 31.6 Å². The van der Waals surface area contributed by atoms with Crippen LogP contribution in [0.1, 0.15) is 78.6 Å². The third-order valence-corrected chi connectivity index (χ3v) is 4.75. The fourth-order valence-corrected chi connectivity index (χ4v) is 3.56. The van der Waals surface area contributed by atoms with Gasteiger partial charge in [0.1, 0.15) is 5.41 Å². The Morgan fingerprint density at radius 2 is 1.80 bits per heavy atom. The number of hydrogen-bond donors (Lipinski definition) is 1. The zero-order valence-corrected chi connectivity index (χ0v) is 13.4. The summed E-state index contributed by atoms with van der Waals surface area (Å²) in [6.07, 6.45) is 8.98. The van der Waals surface area contributed by atoms with Crippen LogP contribution in [0.3, 0.4) is 0 Å². The van der Waals surface area contributed by atoms with E-state index >= 15 is 0 Å². The van der Waals surface area contributed by atoms with Crippen LogP contribution in [0.5, 0.6) is 0 Å². The first kappa shape index (κ1) is 17.0. The van der Waals surface area contributed by atoms with Crippen LogP contribution in [0.4, 0.5) is 0 Å². The molecule has 0 spiro atoms. The van der Waals surface area contributed by atoms with E-state index in [9.17, 15) is 10.1 Å². The van der Waals surface area contributed by atoms with E-state index in [1.165, 1.54) is 19.3 Å². The second-order valence-corrected chi connectivity index (χ2v) is 6.23. The highest BCUT2D eigenvalue weighted by molar-refractivity contribution is 5.85.